The molecule has 1 aliphatic rings. The van der Waals surface area contributed by atoms with Gasteiger partial charge in [-0.15, -0.1) is 0 Å². The summed E-state index contributed by atoms with van der Waals surface area (Å²) in [7, 11) is 0. The summed E-state index contributed by atoms with van der Waals surface area (Å²) in [6.45, 7) is 8.67. The maximum absolute atomic E-state index is 10.1. The van der Waals surface area contributed by atoms with E-state index in [4.69, 9.17) is 0 Å². The Hall–Kier alpha value is -1.09. The Morgan fingerprint density at radius 2 is 2.64 bits per heavy atom. The molecule has 0 spiro atoms. The second-order valence-corrected chi connectivity index (χ2v) is 3.66. The quantitative estimate of drug-likeness (QED) is 0.387. The lowest BCUT2D eigenvalue weighted by Crippen LogP contribution is -2.33. The minimum Gasteiger partial charge on any atom is -0.388 e. The van der Waals surface area contributed by atoms with Crippen LogP contribution >= 0.6 is 0 Å². The van der Waals surface area contributed by atoms with Crippen LogP contribution < -0.4 is 10.6 Å². The molecule has 0 aromatic rings. The molecule has 78 valence electrons. The van der Waals surface area contributed by atoms with Gasteiger partial charge in [0.2, 0.25) is 0 Å². The molecule has 3 nitrogen and oxygen atoms in total. The van der Waals surface area contributed by atoms with E-state index in [2.05, 4.69) is 30.2 Å². The van der Waals surface area contributed by atoms with Crippen LogP contribution in [0.2, 0.25) is 0 Å². The second-order valence-electron chi connectivity index (χ2n) is 3.66. The second kappa shape index (κ2) is 5.60. The van der Waals surface area contributed by atoms with Crippen molar-refractivity contribution in [2.75, 3.05) is 19.6 Å². The first-order valence-electron chi connectivity index (χ1n) is 4.98. The highest BCUT2D eigenvalue weighted by Gasteiger charge is 2.13. The average Bonchev–Trinajstić information content (AvgIpc) is 2.18. The van der Waals surface area contributed by atoms with Gasteiger partial charge in [0.05, 0.1) is 0 Å². The number of aldehydes is 1. The van der Waals surface area contributed by atoms with Crippen LogP contribution in [0, 0.1) is 5.92 Å². The summed E-state index contributed by atoms with van der Waals surface area (Å²) in [5.74, 6) is 0.357. The zero-order valence-corrected chi connectivity index (χ0v) is 8.68. The highest BCUT2D eigenvalue weighted by molar-refractivity contribution is 5.49. The van der Waals surface area contributed by atoms with Gasteiger partial charge >= 0.3 is 0 Å². The fourth-order valence-electron chi connectivity index (χ4n) is 1.53. The summed E-state index contributed by atoms with van der Waals surface area (Å²) in [4.78, 5) is 10.1. The van der Waals surface area contributed by atoms with Gasteiger partial charge in [0.15, 0.2) is 0 Å². The molecule has 14 heavy (non-hydrogen) atoms. The molecule has 0 fully saturated rings. The number of rotatable bonds is 5. The highest BCUT2D eigenvalue weighted by Crippen LogP contribution is 2.13. The van der Waals surface area contributed by atoms with E-state index >= 15 is 0 Å². The van der Waals surface area contributed by atoms with Crippen molar-refractivity contribution in [2.24, 2.45) is 5.92 Å². The molecule has 1 aliphatic heterocycles. The van der Waals surface area contributed by atoms with Gasteiger partial charge in [-0.25, -0.2) is 0 Å². The van der Waals surface area contributed by atoms with E-state index < -0.39 is 0 Å². The number of hydrogen-bond donors (Lipinski definition) is 2. The van der Waals surface area contributed by atoms with Crippen molar-refractivity contribution in [1.29, 1.82) is 0 Å². The fraction of sp³-hybridized carbons (Fsp3) is 0.545. The zero-order chi connectivity index (χ0) is 10.4. The predicted molar refractivity (Wildman–Crippen MR) is 57.9 cm³/mol. The lowest BCUT2D eigenvalue weighted by atomic mass is 9.99. The number of carbonyl (C=O) groups is 1. The topological polar surface area (TPSA) is 41.1 Å². The zero-order valence-electron chi connectivity index (χ0n) is 8.68. The first-order chi connectivity index (χ1) is 6.74. The van der Waals surface area contributed by atoms with Crippen molar-refractivity contribution >= 4 is 6.29 Å². The van der Waals surface area contributed by atoms with Crippen LogP contribution in [0.25, 0.3) is 0 Å². The normalized spacial score (nSPS) is 21.2. The van der Waals surface area contributed by atoms with E-state index in [0.29, 0.717) is 18.9 Å². The Morgan fingerprint density at radius 1 is 1.86 bits per heavy atom. The average molecular weight is 194 g/mol. The Bertz CT molecular complexity index is 246. The maximum Gasteiger partial charge on any atom is 0.121 e. The molecule has 1 rings (SSSR count). The van der Waals surface area contributed by atoms with Crippen LogP contribution in [0.5, 0.6) is 0 Å². The minimum absolute atomic E-state index is 0.357. The van der Waals surface area contributed by atoms with Crippen LogP contribution in [-0.2, 0) is 4.79 Å². The monoisotopic (exact) mass is 194 g/mol. The number of hydrogen-bond acceptors (Lipinski definition) is 3. The Balaban J connectivity index is 2.36. The third kappa shape index (κ3) is 3.34. The van der Waals surface area contributed by atoms with E-state index in [1.807, 2.05) is 0 Å². The molecule has 0 aliphatic carbocycles. The Kier molecular flexibility index (Phi) is 4.40. The van der Waals surface area contributed by atoms with Crippen LogP contribution in [0.3, 0.4) is 0 Å². The number of carbonyl (C=O) groups excluding carboxylic acids is 1. The first kappa shape index (κ1) is 11.0. The van der Waals surface area contributed by atoms with Gasteiger partial charge < -0.3 is 15.4 Å². The SMILES string of the molecule is C=C(NCCC=O)C1C=C(C)CNC1. The van der Waals surface area contributed by atoms with Crippen molar-refractivity contribution in [2.45, 2.75) is 13.3 Å². The van der Waals surface area contributed by atoms with Gasteiger partial charge in [-0.2, -0.15) is 0 Å². The van der Waals surface area contributed by atoms with Crippen molar-refractivity contribution < 1.29 is 4.79 Å². The third-order valence-corrected chi connectivity index (χ3v) is 2.32. The van der Waals surface area contributed by atoms with Crippen molar-refractivity contribution in [3.8, 4) is 0 Å². The van der Waals surface area contributed by atoms with E-state index in [1.165, 1.54) is 5.57 Å². The molecule has 1 atom stereocenters. The molecule has 0 radical (unpaired) electrons. The van der Waals surface area contributed by atoms with E-state index in [0.717, 1.165) is 25.1 Å². The van der Waals surface area contributed by atoms with E-state index in [1.54, 1.807) is 0 Å². The predicted octanol–water partition coefficient (Wildman–Crippen LogP) is 0.844. The lowest BCUT2D eigenvalue weighted by molar-refractivity contribution is -0.107. The largest absolute Gasteiger partial charge is 0.388 e. The van der Waals surface area contributed by atoms with Crippen molar-refractivity contribution in [3.05, 3.63) is 23.9 Å². The van der Waals surface area contributed by atoms with Crippen LogP contribution in [0.1, 0.15) is 13.3 Å². The summed E-state index contributed by atoms with van der Waals surface area (Å²) in [6, 6.07) is 0. The van der Waals surface area contributed by atoms with Crippen LogP contribution in [0.4, 0.5) is 0 Å². The summed E-state index contributed by atoms with van der Waals surface area (Å²) >= 11 is 0. The van der Waals surface area contributed by atoms with Gasteiger partial charge in [0.1, 0.15) is 6.29 Å². The third-order valence-electron chi connectivity index (χ3n) is 2.32. The molecular formula is C11H18N2O. The van der Waals surface area contributed by atoms with Gasteiger partial charge in [0.25, 0.3) is 0 Å². The summed E-state index contributed by atoms with van der Waals surface area (Å²) < 4.78 is 0. The van der Waals surface area contributed by atoms with E-state index in [-0.39, 0.29) is 0 Å². The molecule has 2 N–H and O–H groups in total. The molecule has 0 aromatic heterocycles. The van der Waals surface area contributed by atoms with E-state index in [9.17, 15) is 4.79 Å². The molecule has 1 heterocycles. The maximum atomic E-state index is 10.1. The molecule has 0 aromatic carbocycles. The summed E-state index contributed by atoms with van der Waals surface area (Å²) in [5, 5.41) is 6.48. The summed E-state index contributed by atoms with van der Waals surface area (Å²) in [5.41, 5.74) is 2.35. The molecular weight excluding hydrogens is 176 g/mol. The fourth-order valence-corrected chi connectivity index (χ4v) is 1.53. The smallest absolute Gasteiger partial charge is 0.121 e. The highest BCUT2D eigenvalue weighted by atomic mass is 16.1. The first-order valence-corrected chi connectivity index (χ1v) is 4.98. The Morgan fingerprint density at radius 3 is 3.29 bits per heavy atom. The van der Waals surface area contributed by atoms with Crippen LogP contribution in [0.15, 0.2) is 23.9 Å². The van der Waals surface area contributed by atoms with Gasteiger partial charge in [-0.3, -0.25) is 0 Å². The van der Waals surface area contributed by atoms with Gasteiger partial charge in [-0.05, 0) is 6.92 Å². The van der Waals surface area contributed by atoms with Gasteiger partial charge in [0, 0.05) is 37.7 Å². The van der Waals surface area contributed by atoms with Crippen molar-refractivity contribution in [1.82, 2.24) is 10.6 Å². The molecule has 0 amide bonds. The number of nitrogens with one attached hydrogen (secondary N) is 2. The molecule has 3 heteroatoms. The lowest BCUT2D eigenvalue weighted by Gasteiger charge is -2.23. The molecule has 1 unspecified atom stereocenters. The molecule has 0 bridgehead atoms. The molecule has 0 saturated carbocycles. The van der Waals surface area contributed by atoms with Crippen LogP contribution in [-0.4, -0.2) is 25.9 Å². The molecule has 0 saturated heterocycles. The van der Waals surface area contributed by atoms with Gasteiger partial charge in [-0.1, -0.05) is 18.2 Å². The standard InChI is InChI=1S/C11H18N2O/c1-9-6-11(8-12-7-9)10(2)13-4-3-5-14/h5-6,11-13H,2-4,7-8H2,1H3. The summed E-state index contributed by atoms with van der Waals surface area (Å²) in [6.07, 6.45) is 3.69. The Labute approximate surface area is 85.3 Å². The minimum atomic E-state index is 0.357. The van der Waals surface area contributed by atoms with Crippen molar-refractivity contribution in [3.63, 3.8) is 0 Å².